The minimum atomic E-state index is -0.869. The van der Waals surface area contributed by atoms with Crippen molar-refractivity contribution in [2.75, 3.05) is 7.05 Å². The van der Waals surface area contributed by atoms with E-state index in [0.29, 0.717) is 6.42 Å². The monoisotopic (exact) mass is 198 g/mol. The second kappa shape index (κ2) is 4.55. The van der Waals surface area contributed by atoms with Crippen molar-refractivity contribution in [1.82, 2.24) is 4.67 Å². The summed E-state index contributed by atoms with van der Waals surface area (Å²) in [6, 6.07) is 0. The van der Waals surface area contributed by atoms with Gasteiger partial charge < -0.3 is 4.67 Å². The maximum Gasteiger partial charge on any atom is 0.178 e. The fourth-order valence-electron chi connectivity index (χ4n) is 1.27. The van der Waals surface area contributed by atoms with Gasteiger partial charge in [-0.3, -0.25) is 4.79 Å². The van der Waals surface area contributed by atoms with E-state index in [1.54, 1.807) is 0 Å². The van der Waals surface area contributed by atoms with Crippen molar-refractivity contribution in [3.8, 4) is 0 Å². The molecule has 1 fully saturated rings. The van der Waals surface area contributed by atoms with Crippen LogP contribution in [0.15, 0.2) is 5.10 Å². The minimum Gasteiger partial charge on any atom is -0.331 e. The fourth-order valence-corrected chi connectivity index (χ4v) is 1.64. The standard InChI is InChI=1S/C9H18N2OSi/c1-11(13(2)3)10-8-6-4-5-7-9(8)12/h13H,4-7H2,1-3H3. The number of Topliss-reactive ketones (excluding diaryl/α,β-unsaturated/α-hetero) is 1. The number of nitrogens with zero attached hydrogens (tertiary/aromatic N) is 2. The largest absolute Gasteiger partial charge is 0.331 e. The van der Waals surface area contributed by atoms with E-state index < -0.39 is 8.96 Å². The molecule has 0 unspecified atom stereocenters. The zero-order chi connectivity index (χ0) is 9.84. The second-order valence-electron chi connectivity index (χ2n) is 3.84. The second-order valence-corrected chi connectivity index (χ2v) is 6.78. The summed E-state index contributed by atoms with van der Waals surface area (Å²) in [5, 5.41) is 4.38. The van der Waals surface area contributed by atoms with Gasteiger partial charge in [0.1, 0.15) is 5.71 Å². The summed E-state index contributed by atoms with van der Waals surface area (Å²) in [6.07, 6.45) is 3.75. The molecule has 0 heterocycles. The smallest absolute Gasteiger partial charge is 0.178 e. The quantitative estimate of drug-likeness (QED) is 0.496. The average Bonchev–Trinajstić information content (AvgIpc) is 2.08. The zero-order valence-electron chi connectivity index (χ0n) is 8.71. The topological polar surface area (TPSA) is 32.7 Å². The highest BCUT2D eigenvalue weighted by atomic mass is 28.3. The Bertz CT molecular complexity index is 226. The van der Waals surface area contributed by atoms with E-state index in [-0.39, 0.29) is 5.78 Å². The molecule has 0 spiro atoms. The van der Waals surface area contributed by atoms with E-state index in [2.05, 4.69) is 18.2 Å². The number of hydrogen-bond donors (Lipinski definition) is 0. The molecule has 0 aliphatic heterocycles. The highest BCUT2D eigenvalue weighted by Gasteiger charge is 2.17. The summed E-state index contributed by atoms with van der Waals surface area (Å²) >= 11 is 0. The van der Waals surface area contributed by atoms with Gasteiger partial charge in [-0.2, -0.15) is 5.10 Å². The molecule has 4 heteroatoms. The maximum atomic E-state index is 11.4. The summed E-state index contributed by atoms with van der Waals surface area (Å²) in [4.78, 5) is 11.4. The van der Waals surface area contributed by atoms with Gasteiger partial charge in [-0.05, 0) is 19.3 Å². The van der Waals surface area contributed by atoms with Crippen LogP contribution in [-0.4, -0.2) is 32.2 Å². The van der Waals surface area contributed by atoms with Crippen LogP contribution in [0.3, 0.4) is 0 Å². The Kier molecular flexibility index (Phi) is 3.66. The van der Waals surface area contributed by atoms with Crippen LogP contribution in [0.4, 0.5) is 0 Å². The molecule has 0 atom stereocenters. The normalized spacial score (nSPS) is 21.2. The van der Waals surface area contributed by atoms with Crippen LogP contribution >= 0.6 is 0 Å². The van der Waals surface area contributed by atoms with Crippen LogP contribution in [0.1, 0.15) is 25.7 Å². The Hall–Kier alpha value is -0.643. The number of carbonyl (C=O) groups is 1. The zero-order valence-corrected chi connectivity index (χ0v) is 9.86. The van der Waals surface area contributed by atoms with Gasteiger partial charge in [0.15, 0.2) is 14.7 Å². The van der Waals surface area contributed by atoms with Crippen molar-refractivity contribution in [1.29, 1.82) is 0 Å². The predicted molar refractivity (Wildman–Crippen MR) is 57.6 cm³/mol. The van der Waals surface area contributed by atoms with Crippen molar-refractivity contribution in [2.45, 2.75) is 38.8 Å². The highest BCUT2D eigenvalue weighted by molar-refractivity contribution is 6.52. The number of rotatable bonds is 2. The molecule has 74 valence electrons. The molecule has 0 saturated heterocycles. The number of carbonyl (C=O) groups excluding carboxylic acids is 1. The van der Waals surface area contributed by atoms with Crippen molar-refractivity contribution in [3.63, 3.8) is 0 Å². The molecule has 0 aromatic heterocycles. The first-order chi connectivity index (χ1) is 6.11. The van der Waals surface area contributed by atoms with Crippen molar-refractivity contribution in [3.05, 3.63) is 0 Å². The van der Waals surface area contributed by atoms with Gasteiger partial charge in [0.2, 0.25) is 0 Å². The van der Waals surface area contributed by atoms with Crippen molar-refractivity contribution >= 4 is 20.5 Å². The average molecular weight is 198 g/mol. The molecule has 0 bridgehead atoms. The molecule has 1 aliphatic carbocycles. The summed E-state index contributed by atoms with van der Waals surface area (Å²) in [5.74, 6) is 0.257. The third kappa shape index (κ3) is 2.95. The lowest BCUT2D eigenvalue weighted by molar-refractivity contribution is -0.113. The van der Waals surface area contributed by atoms with Gasteiger partial charge >= 0.3 is 0 Å². The summed E-state index contributed by atoms with van der Waals surface area (Å²) in [6.45, 7) is 4.41. The van der Waals surface area contributed by atoms with Gasteiger partial charge in [0.25, 0.3) is 0 Å². The Balaban J connectivity index is 2.62. The van der Waals surface area contributed by atoms with Crippen molar-refractivity contribution in [2.24, 2.45) is 5.10 Å². The summed E-state index contributed by atoms with van der Waals surface area (Å²) < 4.78 is 2.00. The molecule has 3 nitrogen and oxygen atoms in total. The van der Waals surface area contributed by atoms with Crippen LogP contribution in [0.2, 0.25) is 13.1 Å². The molecule has 1 saturated carbocycles. The van der Waals surface area contributed by atoms with E-state index in [1.165, 1.54) is 0 Å². The van der Waals surface area contributed by atoms with Crippen LogP contribution in [0.25, 0.3) is 0 Å². The first-order valence-corrected chi connectivity index (χ1v) is 7.77. The predicted octanol–water partition coefficient (Wildman–Crippen LogP) is 1.40. The molecule has 1 aliphatic rings. The minimum absolute atomic E-state index is 0.257. The molecule has 1 rings (SSSR count). The van der Waals surface area contributed by atoms with Crippen LogP contribution in [-0.2, 0) is 4.79 Å². The summed E-state index contributed by atoms with van der Waals surface area (Å²) in [7, 11) is 1.11. The van der Waals surface area contributed by atoms with Gasteiger partial charge in [0.05, 0.1) is 0 Å². The first-order valence-electron chi connectivity index (χ1n) is 4.94. The number of hydrazone groups is 1. The van der Waals surface area contributed by atoms with Gasteiger partial charge in [0, 0.05) is 13.5 Å². The SMILES string of the molecule is CN(N=C1CCCCC1=O)[SiH](C)C. The highest BCUT2D eigenvalue weighted by Crippen LogP contribution is 2.12. The maximum absolute atomic E-state index is 11.4. The third-order valence-electron chi connectivity index (χ3n) is 2.42. The summed E-state index contributed by atoms with van der Waals surface area (Å²) in [5.41, 5.74) is 0.801. The number of ketones is 1. The van der Waals surface area contributed by atoms with E-state index in [4.69, 9.17) is 0 Å². The van der Waals surface area contributed by atoms with Crippen LogP contribution in [0.5, 0.6) is 0 Å². The molecule has 0 amide bonds. The van der Waals surface area contributed by atoms with Crippen molar-refractivity contribution < 1.29 is 4.79 Å². The Morgan fingerprint density at radius 3 is 2.46 bits per heavy atom. The van der Waals surface area contributed by atoms with E-state index >= 15 is 0 Å². The third-order valence-corrected chi connectivity index (χ3v) is 4.03. The lowest BCUT2D eigenvalue weighted by atomic mass is 9.97. The first kappa shape index (κ1) is 10.4. The van der Waals surface area contributed by atoms with Gasteiger partial charge in [-0.1, -0.05) is 13.1 Å². The lowest BCUT2D eigenvalue weighted by Crippen LogP contribution is -2.29. The van der Waals surface area contributed by atoms with E-state index in [9.17, 15) is 4.79 Å². The Morgan fingerprint density at radius 2 is 1.92 bits per heavy atom. The van der Waals surface area contributed by atoms with Gasteiger partial charge in [-0.15, -0.1) is 0 Å². The Labute approximate surface area is 81.5 Å². The number of hydrogen-bond acceptors (Lipinski definition) is 3. The molecule has 0 radical (unpaired) electrons. The van der Waals surface area contributed by atoms with Crippen LogP contribution in [0, 0.1) is 0 Å². The molecule has 0 aromatic rings. The molecule has 13 heavy (non-hydrogen) atoms. The van der Waals surface area contributed by atoms with Crippen LogP contribution < -0.4 is 0 Å². The van der Waals surface area contributed by atoms with E-state index in [0.717, 1.165) is 25.0 Å². The lowest BCUT2D eigenvalue weighted by Gasteiger charge is -2.20. The van der Waals surface area contributed by atoms with E-state index in [1.807, 2.05) is 11.7 Å². The molecular formula is C9H18N2OSi. The molecule has 0 N–H and O–H groups in total. The Morgan fingerprint density at radius 1 is 1.31 bits per heavy atom. The fraction of sp³-hybridized carbons (Fsp3) is 0.778. The van der Waals surface area contributed by atoms with Gasteiger partial charge in [-0.25, -0.2) is 0 Å². The molecular weight excluding hydrogens is 180 g/mol. The molecule has 0 aromatic carbocycles.